The van der Waals surface area contributed by atoms with Crippen LogP contribution in [0, 0.1) is 17.0 Å². The van der Waals surface area contributed by atoms with Crippen molar-refractivity contribution < 1.29 is 4.92 Å². The van der Waals surface area contributed by atoms with Gasteiger partial charge in [0.1, 0.15) is 29.0 Å². The van der Waals surface area contributed by atoms with Gasteiger partial charge < -0.3 is 27.2 Å². The molecule has 0 bridgehead atoms. The summed E-state index contributed by atoms with van der Waals surface area (Å²) in [6, 6.07) is 19.0. The number of anilines is 3. The maximum Gasteiger partial charge on any atom is 0.269 e. The fourth-order valence-electron chi connectivity index (χ4n) is 4.67. The van der Waals surface area contributed by atoms with E-state index >= 15 is 0 Å². The van der Waals surface area contributed by atoms with Crippen molar-refractivity contribution in [2.75, 3.05) is 17.2 Å². The summed E-state index contributed by atoms with van der Waals surface area (Å²) < 4.78 is 1.88. The molecular formula is C33H27Cl2N13O2. The SMILES string of the molecule is Cc1cn(-c2nccc3[nH]c(-c4ccc(N)cc4)nc23)cn1.Nc1ccnc(Cl)c1N.O=[N+]([O-])c1ccc(-c2nc3c(Cl)nccc3[nH]2)cc1. The number of nitro groups is 1. The van der Waals surface area contributed by atoms with E-state index in [1.165, 1.54) is 18.3 Å². The molecule has 15 nitrogen and oxygen atoms in total. The first-order chi connectivity index (χ1) is 24.1. The molecule has 0 aliphatic heterocycles. The Morgan fingerprint density at radius 3 is 1.84 bits per heavy atom. The molecule has 0 fully saturated rings. The minimum Gasteiger partial charge on any atom is -0.399 e. The number of halogens is 2. The molecule has 0 aliphatic rings. The van der Waals surface area contributed by atoms with Crippen molar-refractivity contribution in [3.05, 3.63) is 124 Å². The number of rotatable bonds is 4. The molecule has 250 valence electrons. The number of nitrogens with one attached hydrogen (secondary N) is 2. The van der Waals surface area contributed by atoms with E-state index in [1.807, 2.05) is 48.0 Å². The third kappa shape index (κ3) is 7.28. The normalized spacial score (nSPS) is 10.7. The van der Waals surface area contributed by atoms with Gasteiger partial charge in [0.05, 0.1) is 33.0 Å². The molecule has 0 aliphatic carbocycles. The fourth-order valence-corrected chi connectivity index (χ4v) is 5.03. The molecule has 0 saturated carbocycles. The molecule has 6 aromatic heterocycles. The Kier molecular flexibility index (Phi) is 9.51. The first-order valence-electron chi connectivity index (χ1n) is 14.7. The highest BCUT2D eigenvalue weighted by atomic mass is 35.5. The van der Waals surface area contributed by atoms with Crippen LogP contribution in [0.1, 0.15) is 5.69 Å². The van der Waals surface area contributed by atoms with Crippen LogP contribution in [0.5, 0.6) is 0 Å². The minimum atomic E-state index is -0.441. The maximum atomic E-state index is 10.6. The lowest BCUT2D eigenvalue weighted by Gasteiger charge is -2.00. The fraction of sp³-hybridized carbons (Fsp3) is 0.0303. The lowest BCUT2D eigenvalue weighted by atomic mass is 10.2. The van der Waals surface area contributed by atoms with Crippen LogP contribution in [0.25, 0.3) is 50.7 Å². The molecule has 8 aromatic rings. The standard InChI is InChI=1S/C16H14N6.C12H7ClN4O2.C5H6ClN3/c1-10-8-22(9-19-10)16-14-13(6-7-18-16)20-15(21-14)11-2-4-12(17)5-3-11;13-11-10-9(5-6-14-11)15-12(16-10)7-1-3-8(4-2-7)17(18)19;6-5-4(8)3(7)1-2-9-5/h2-9H,17H2,1H3,(H,20,21);1-6H,(H,15,16);1-2H,8H2,(H2,7,9). The number of non-ortho nitro benzene ring substituents is 1. The number of aromatic nitrogens is 9. The van der Waals surface area contributed by atoms with E-state index in [4.69, 9.17) is 45.4 Å². The van der Waals surface area contributed by atoms with Crippen molar-refractivity contribution >= 4 is 68.0 Å². The second kappa shape index (κ2) is 14.3. The molecule has 0 spiro atoms. The van der Waals surface area contributed by atoms with Crippen molar-refractivity contribution in [2.45, 2.75) is 6.92 Å². The Hall–Kier alpha value is -6.58. The van der Waals surface area contributed by atoms with E-state index in [9.17, 15) is 10.1 Å². The van der Waals surface area contributed by atoms with Crippen molar-refractivity contribution in [1.29, 1.82) is 0 Å². The second-order valence-corrected chi connectivity index (χ2v) is 11.4. The Balaban J connectivity index is 0.000000141. The number of fused-ring (bicyclic) bond motifs is 2. The Morgan fingerprint density at radius 1 is 0.720 bits per heavy atom. The Morgan fingerprint density at radius 2 is 1.28 bits per heavy atom. The molecule has 0 atom stereocenters. The number of hydrogen-bond donors (Lipinski definition) is 5. The number of pyridine rings is 3. The zero-order valence-corrected chi connectivity index (χ0v) is 27.6. The van der Waals surface area contributed by atoms with E-state index in [0.29, 0.717) is 27.9 Å². The van der Waals surface area contributed by atoms with Crippen LogP contribution in [0.4, 0.5) is 22.7 Å². The first-order valence-corrected chi connectivity index (χ1v) is 15.4. The van der Waals surface area contributed by atoms with Crippen LogP contribution < -0.4 is 17.2 Å². The van der Waals surface area contributed by atoms with Gasteiger partial charge >= 0.3 is 0 Å². The maximum absolute atomic E-state index is 10.6. The summed E-state index contributed by atoms with van der Waals surface area (Å²) in [6.45, 7) is 1.95. The molecule has 8 rings (SSSR count). The van der Waals surface area contributed by atoms with E-state index in [-0.39, 0.29) is 10.8 Å². The molecular weight excluding hydrogens is 681 g/mol. The molecule has 0 saturated heterocycles. The largest absolute Gasteiger partial charge is 0.399 e. The van der Waals surface area contributed by atoms with Gasteiger partial charge in [-0.3, -0.25) is 14.7 Å². The summed E-state index contributed by atoms with van der Waals surface area (Å²) in [7, 11) is 0. The molecule has 50 heavy (non-hydrogen) atoms. The number of imidazole rings is 3. The molecule has 6 heterocycles. The lowest BCUT2D eigenvalue weighted by molar-refractivity contribution is -0.384. The summed E-state index contributed by atoms with van der Waals surface area (Å²) in [5.41, 5.74) is 23.8. The smallest absolute Gasteiger partial charge is 0.269 e. The monoisotopic (exact) mass is 707 g/mol. The summed E-state index contributed by atoms with van der Waals surface area (Å²) >= 11 is 11.4. The number of nitrogens with zero attached hydrogens (tertiary/aromatic N) is 8. The lowest BCUT2D eigenvalue weighted by Crippen LogP contribution is -1.95. The van der Waals surface area contributed by atoms with Gasteiger partial charge in [0.15, 0.2) is 16.1 Å². The Labute approximate surface area is 293 Å². The number of aromatic amines is 2. The molecule has 8 N–H and O–H groups in total. The molecule has 17 heteroatoms. The minimum absolute atomic E-state index is 0.0413. The second-order valence-electron chi connectivity index (χ2n) is 10.7. The molecule has 2 aromatic carbocycles. The number of nitrogens with two attached hydrogens (primary N) is 3. The zero-order valence-electron chi connectivity index (χ0n) is 26.1. The highest BCUT2D eigenvalue weighted by Crippen LogP contribution is 2.26. The number of aryl methyl sites for hydroxylation is 1. The van der Waals surface area contributed by atoms with E-state index in [0.717, 1.165) is 50.7 Å². The van der Waals surface area contributed by atoms with Crippen molar-refractivity contribution in [1.82, 2.24) is 44.4 Å². The van der Waals surface area contributed by atoms with E-state index < -0.39 is 4.92 Å². The number of nitro benzene ring substituents is 1. The number of benzene rings is 2. The van der Waals surface area contributed by atoms with Crippen molar-refractivity contribution in [3.63, 3.8) is 0 Å². The summed E-state index contributed by atoms with van der Waals surface area (Å²) in [5, 5.41) is 11.2. The van der Waals surface area contributed by atoms with E-state index in [1.54, 1.807) is 43.0 Å². The number of hydrogen-bond acceptors (Lipinski definition) is 11. The summed E-state index contributed by atoms with van der Waals surface area (Å²) in [4.78, 5) is 41.9. The first kappa shape index (κ1) is 33.3. The van der Waals surface area contributed by atoms with Crippen LogP contribution in [-0.4, -0.2) is 49.4 Å². The van der Waals surface area contributed by atoms with E-state index in [2.05, 4.69) is 34.9 Å². The predicted molar refractivity (Wildman–Crippen MR) is 195 cm³/mol. The predicted octanol–water partition coefficient (Wildman–Crippen LogP) is 6.79. The Bertz CT molecular complexity index is 2420. The van der Waals surface area contributed by atoms with Gasteiger partial charge in [0.2, 0.25) is 0 Å². The third-order valence-electron chi connectivity index (χ3n) is 7.21. The molecule has 0 unspecified atom stereocenters. The van der Waals surface area contributed by atoms with Crippen LogP contribution in [0.2, 0.25) is 10.3 Å². The van der Waals surface area contributed by atoms with Gasteiger partial charge in [0, 0.05) is 53.7 Å². The van der Waals surface area contributed by atoms with Gasteiger partial charge in [-0.15, -0.1) is 0 Å². The van der Waals surface area contributed by atoms with Crippen LogP contribution in [0.3, 0.4) is 0 Å². The van der Waals surface area contributed by atoms with Crippen LogP contribution in [-0.2, 0) is 0 Å². The third-order valence-corrected chi connectivity index (χ3v) is 7.78. The number of H-pyrrole nitrogens is 2. The zero-order chi connectivity index (χ0) is 35.4. The summed E-state index contributed by atoms with van der Waals surface area (Å²) in [5.74, 6) is 2.15. The van der Waals surface area contributed by atoms with Crippen LogP contribution in [0.15, 0.2) is 97.8 Å². The average molecular weight is 709 g/mol. The quantitative estimate of drug-likeness (QED) is 0.0552. The number of nitrogen functional groups attached to an aromatic ring is 3. The van der Waals surface area contributed by atoms with Gasteiger partial charge in [0.25, 0.3) is 5.69 Å². The summed E-state index contributed by atoms with van der Waals surface area (Å²) in [6.07, 6.45) is 8.53. The van der Waals surface area contributed by atoms with Crippen molar-refractivity contribution in [2.24, 2.45) is 0 Å². The van der Waals surface area contributed by atoms with Gasteiger partial charge in [-0.25, -0.2) is 29.9 Å². The van der Waals surface area contributed by atoms with Gasteiger partial charge in [-0.2, -0.15) is 0 Å². The highest BCUT2D eigenvalue weighted by Gasteiger charge is 2.13. The van der Waals surface area contributed by atoms with Gasteiger partial charge in [-0.05, 0) is 61.5 Å². The topological polar surface area (TPSA) is 235 Å². The van der Waals surface area contributed by atoms with Crippen molar-refractivity contribution in [3.8, 4) is 28.6 Å². The highest BCUT2D eigenvalue weighted by molar-refractivity contribution is 6.33. The molecule has 0 radical (unpaired) electrons. The molecule has 0 amide bonds. The van der Waals surface area contributed by atoms with Crippen LogP contribution >= 0.6 is 23.2 Å². The average Bonchev–Trinajstić information content (AvgIpc) is 3.87. The van der Waals surface area contributed by atoms with Gasteiger partial charge in [-0.1, -0.05) is 23.2 Å².